The Balaban J connectivity index is 2.58. The lowest BCUT2D eigenvalue weighted by Crippen LogP contribution is -2.23. The van der Waals surface area contributed by atoms with Crippen molar-refractivity contribution in [2.75, 3.05) is 6.54 Å². The van der Waals surface area contributed by atoms with Crippen LogP contribution >= 0.6 is 0 Å². The van der Waals surface area contributed by atoms with Gasteiger partial charge in [-0.3, -0.25) is 9.98 Å². The lowest BCUT2D eigenvalue weighted by atomic mass is 10.1. The Bertz CT molecular complexity index is 625. The van der Waals surface area contributed by atoms with Crippen LogP contribution < -0.4 is 11.5 Å². The van der Waals surface area contributed by atoms with Crippen molar-refractivity contribution in [3.8, 4) is 5.75 Å². The molecule has 0 aromatic heterocycles. The number of nitrogens with two attached hydrogens (primary N) is 2. The Kier molecular flexibility index (Phi) is 7.25. The van der Waals surface area contributed by atoms with Crippen LogP contribution in [0.5, 0.6) is 5.75 Å². The highest BCUT2D eigenvalue weighted by molar-refractivity contribution is 5.82. The van der Waals surface area contributed by atoms with Gasteiger partial charge in [0.1, 0.15) is 17.6 Å². The van der Waals surface area contributed by atoms with E-state index in [1.165, 1.54) is 30.5 Å². The largest absolute Gasteiger partial charge is 0.507 e. The molecule has 0 saturated heterocycles. The topological polar surface area (TPSA) is 134 Å². The van der Waals surface area contributed by atoms with E-state index in [1.54, 1.807) is 0 Å². The van der Waals surface area contributed by atoms with Gasteiger partial charge in [0, 0.05) is 24.4 Å². The average Bonchev–Trinajstić information content (AvgIpc) is 2.46. The van der Waals surface area contributed by atoms with Crippen LogP contribution in [0, 0.1) is 5.82 Å². The Morgan fingerprint density at radius 1 is 1.39 bits per heavy atom. The number of hydrogen-bond donors (Lipinski definition) is 4. The zero-order valence-electron chi connectivity index (χ0n) is 12.4. The number of carboxylic acids is 1. The summed E-state index contributed by atoms with van der Waals surface area (Å²) in [5.74, 6) is -1.84. The highest BCUT2D eigenvalue weighted by atomic mass is 19.1. The van der Waals surface area contributed by atoms with Gasteiger partial charge >= 0.3 is 5.97 Å². The van der Waals surface area contributed by atoms with Crippen molar-refractivity contribution in [3.05, 3.63) is 35.7 Å². The lowest BCUT2D eigenvalue weighted by molar-refractivity contribution is -0.138. The number of carboxylic acid groups (broad SMARTS) is 1. The van der Waals surface area contributed by atoms with E-state index < -0.39 is 17.8 Å². The van der Waals surface area contributed by atoms with Gasteiger partial charge < -0.3 is 21.7 Å². The number of phenols is 1. The standard InChI is InChI=1S/C15H19FN4O3/c16-11-6-5-10(13(21)9-11)3-1-7-19-12(14(22)23)4-2-8-20-15(17)18/h1,3,5-7,9,12,21H,2,4,8H2,(H,22,23)(H4,17,18,20)/b3-1+,19-7?/t12-/m0/s1. The molecule has 8 heteroatoms. The highest BCUT2D eigenvalue weighted by Gasteiger charge is 2.13. The van der Waals surface area contributed by atoms with Gasteiger partial charge in [0.15, 0.2) is 5.96 Å². The zero-order chi connectivity index (χ0) is 17.2. The molecular weight excluding hydrogens is 303 g/mol. The molecule has 0 bridgehead atoms. The minimum Gasteiger partial charge on any atom is -0.507 e. The van der Waals surface area contributed by atoms with Crippen molar-refractivity contribution in [1.29, 1.82) is 0 Å². The van der Waals surface area contributed by atoms with Crippen molar-refractivity contribution in [1.82, 2.24) is 0 Å². The number of halogens is 1. The first-order chi connectivity index (χ1) is 10.9. The molecule has 1 aromatic rings. The summed E-state index contributed by atoms with van der Waals surface area (Å²) in [4.78, 5) is 18.8. The van der Waals surface area contributed by atoms with E-state index >= 15 is 0 Å². The third-order valence-corrected chi connectivity index (χ3v) is 2.84. The molecular formula is C15H19FN4O3. The summed E-state index contributed by atoms with van der Waals surface area (Å²) in [6, 6.07) is 2.69. The Labute approximate surface area is 132 Å². The molecule has 0 radical (unpaired) electrons. The van der Waals surface area contributed by atoms with Crippen LogP contribution in [0.3, 0.4) is 0 Å². The van der Waals surface area contributed by atoms with Crippen LogP contribution in [-0.2, 0) is 4.79 Å². The van der Waals surface area contributed by atoms with Crippen molar-refractivity contribution >= 4 is 24.2 Å². The van der Waals surface area contributed by atoms with E-state index in [9.17, 15) is 14.3 Å². The third-order valence-electron chi connectivity index (χ3n) is 2.84. The first-order valence-corrected chi connectivity index (χ1v) is 6.86. The fourth-order valence-corrected chi connectivity index (χ4v) is 1.71. The van der Waals surface area contributed by atoms with Crippen LogP contribution in [0.25, 0.3) is 6.08 Å². The molecule has 1 aromatic carbocycles. The van der Waals surface area contributed by atoms with E-state index in [2.05, 4.69) is 9.98 Å². The van der Waals surface area contributed by atoms with E-state index in [0.29, 0.717) is 18.5 Å². The molecule has 0 spiro atoms. The Hall–Kier alpha value is -2.90. The molecule has 23 heavy (non-hydrogen) atoms. The molecule has 0 aliphatic carbocycles. The van der Waals surface area contributed by atoms with Gasteiger partial charge in [-0.05, 0) is 37.1 Å². The smallest absolute Gasteiger partial charge is 0.328 e. The van der Waals surface area contributed by atoms with Crippen molar-refractivity contribution in [2.45, 2.75) is 18.9 Å². The minimum absolute atomic E-state index is 0.0394. The van der Waals surface area contributed by atoms with Gasteiger partial charge in [0.2, 0.25) is 0 Å². The number of aliphatic carboxylic acids is 1. The fourth-order valence-electron chi connectivity index (χ4n) is 1.71. The number of benzene rings is 1. The number of phenolic OH excluding ortho intramolecular Hbond substituents is 1. The molecule has 1 rings (SSSR count). The molecule has 0 amide bonds. The summed E-state index contributed by atoms with van der Waals surface area (Å²) in [7, 11) is 0. The van der Waals surface area contributed by atoms with Crippen LogP contribution in [0.2, 0.25) is 0 Å². The first-order valence-electron chi connectivity index (χ1n) is 6.86. The number of aromatic hydroxyl groups is 1. The van der Waals surface area contributed by atoms with Gasteiger partial charge in [-0.2, -0.15) is 0 Å². The average molecular weight is 322 g/mol. The summed E-state index contributed by atoms with van der Waals surface area (Å²) < 4.78 is 12.8. The molecule has 6 N–H and O–H groups in total. The first kappa shape index (κ1) is 18.1. The van der Waals surface area contributed by atoms with Gasteiger partial charge in [-0.15, -0.1) is 0 Å². The molecule has 7 nitrogen and oxygen atoms in total. The van der Waals surface area contributed by atoms with Crippen LogP contribution in [0.15, 0.2) is 34.3 Å². The molecule has 0 unspecified atom stereocenters. The fraction of sp³-hybridized carbons (Fsp3) is 0.267. The summed E-state index contributed by atoms with van der Waals surface area (Å²) in [5.41, 5.74) is 10.7. The van der Waals surface area contributed by atoms with E-state index in [4.69, 9.17) is 16.6 Å². The quantitative estimate of drug-likeness (QED) is 0.323. The van der Waals surface area contributed by atoms with E-state index in [0.717, 1.165) is 6.07 Å². The molecule has 0 aliphatic rings. The van der Waals surface area contributed by atoms with Crippen molar-refractivity contribution in [2.24, 2.45) is 21.5 Å². The summed E-state index contributed by atoms with van der Waals surface area (Å²) in [5, 5.41) is 18.6. The highest BCUT2D eigenvalue weighted by Crippen LogP contribution is 2.19. The van der Waals surface area contributed by atoms with Crippen molar-refractivity contribution < 1.29 is 19.4 Å². The summed E-state index contributed by atoms with van der Waals surface area (Å²) >= 11 is 0. The molecule has 0 fully saturated rings. The summed E-state index contributed by atoms with van der Waals surface area (Å²) in [6.07, 6.45) is 5.06. The number of hydrogen-bond acceptors (Lipinski definition) is 4. The zero-order valence-corrected chi connectivity index (χ0v) is 12.4. The number of rotatable bonds is 8. The lowest BCUT2D eigenvalue weighted by Gasteiger charge is -2.05. The minimum atomic E-state index is -1.05. The van der Waals surface area contributed by atoms with Gasteiger partial charge in [-0.1, -0.05) is 0 Å². The number of aliphatic imine (C=N–C) groups is 2. The Morgan fingerprint density at radius 3 is 2.74 bits per heavy atom. The SMILES string of the molecule is NC(N)=NCCC[C@H](N=C/C=C/c1ccc(F)cc1O)C(=O)O. The van der Waals surface area contributed by atoms with Crippen LogP contribution in [-0.4, -0.2) is 40.9 Å². The Morgan fingerprint density at radius 2 is 2.13 bits per heavy atom. The van der Waals surface area contributed by atoms with E-state index in [1.807, 2.05) is 0 Å². The third kappa shape index (κ3) is 7.07. The monoisotopic (exact) mass is 322 g/mol. The molecule has 0 aliphatic heterocycles. The normalized spacial score (nSPS) is 12.6. The molecule has 0 heterocycles. The van der Waals surface area contributed by atoms with Crippen LogP contribution in [0.1, 0.15) is 18.4 Å². The number of allylic oxidation sites excluding steroid dienone is 1. The maximum atomic E-state index is 12.8. The van der Waals surface area contributed by atoms with Gasteiger partial charge in [0.25, 0.3) is 0 Å². The molecule has 0 saturated carbocycles. The number of guanidine groups is 1. The molecule has 1 atom stereocenters. The second kappa shape index (κ2) is 9.19. The predicted octanol–water partition coefficient (Wildman–Crippen LogP) is 1.12. The number of carbonyl (C=O) groups is 1. The second-order valence-corrected chi connectivity index (χ2v) is 4.66. The van der Waals surface area contributed by atoms with Crippen LogP contribution in [0.4, 0.5) is 4.39 Å². The maximum Gasteiger partial charge on any atom is 0.328 e. The second-order valence-electron chi connectivity index (χ2n) is 4.66. The summed E-state index contributed by atoms with van der Waals surface area (Å²) in [6.45, 7) is 0.334. The molecule has 124 valence electrons. The van der Waals surface area contributed by atoms with Gasteiger partial charge in [-0.25, -0.2) is 9.18 Å². The van der Waals surface area contributed by atoms with E-state index in [-0.39, 0.29) is 18.1 Å². The maximum absolute atomic E-state index is 12.8. The van der Waals surface area contributed by atoms with Gasteiger partial charge in [0.05, 0.1) is 0 Å². The predicted molar refractivity (Wildman–Crippen MR) is 86.9 cm³/mol. The van der Waals surface area contributed by atoms with Crippen molar-refractivity contribution in [3.63, 3.8) is 0 Å². The number of nitrogens with zero attached hydrogens (tertiary/aromatic N) is 2.